The monoisotopic (exact) mass is 426 g/mol. The smallest absolute Gasteiger partial charge is 0.405 e. The highest BCUT2D eigenvalue weighted by Gasteiger charge is 2.32. The molecular weight excluding hydrogens is 412 g/mol. The molecule has 3 aromatic rings. The first-order valence-corrected chi connectivity index (χ1v) is 9.65. The van der Waals surface area contributed by atoms with Crippen molar-refractivity contribution in [2.24, 2.45) is 5.14 Å². The van der Waals surface area contributed by atoms with Crippen molar-refractivity contribution in [3.63, 3.8) is 0 Å². The molecule has 3 rings (SSSR count). The normalized spacial score (nSPS) is 12.1. The summed E-state index contributed by atoms with van der Waals surface area (Å²) < 4.78 is 79.0. The summed E-state index contributed by atoms with van der Waals surface area (Å²) in [6.45, 7) is 1.47. The van der Waals surface area contributed by atoms with Crippen LogP contribution in [-0.4, -0.2) is 19.8 Å². The SMILES string of the molecule is Cc1ccc(-c2cccnc2-c2ccc(S(N)(=O)=O)c(F)c2)cc1OC(F)(F)F. The van der Waals surface area contributed by atoms with Gasteiger partial charge >= 0.3 is 6.36 Å². The number of halogens is 4. The number of primary sulfonamides is 1. The summed E-state index contributed by atoms with van der Waals surface area (Å²) in [6, 6.07) is 10.7. The molecule has 2 aromatic carbocycles. The van der Waals surface area contributed by atoms with E-state index in [1.807, 2.05) is 0 Å². The van der Waals surface area contributed by atoms with E-state index in [1.54, 1.807) is 18.2 Å². The first-order chi connectivity index (χ1) is 13.5. The number of aryl methyl sites for hydroxylation is 1. The van der Waals surface area contributed by atoms with Crippen molar-refractivity contribution < 1.29 is 30.7 Å². The Bertz CT molecular complexity index is 1180. The summed E-state index contributed by atoms with van der Waals surface area (Å²) in [6.07, 6.45) is -3.43. The molecule has 0 aliphatic heterocycles. The number of hydrogen-bond donors (Lipinski definition) is 1. The van der Waals surface area contributed by atoms with E-state index in [0.717, 1.165) is 12.1 Å². The van der Waals surface area contributed by atoms with Crippen LogP contribution < -0.4 is 9.88 Å². The molecule has 0 unspecified atom stereocenters. The lowest BCUT2D eigenvalue weighted by molar-refractivity contribution is -0.274. The fraction of sp³-hybridized carbons (Fsp3) is 0.105. The number of sulfonamides is 1. The predicted molar refractivity (Wildman–Crippen MR) is 97.9 cm³/mol. The Morgan fingerprint density at radius 2 is 1.72 bits per heavy atom. The summed E-state index contributed by atoms with van der Waals surface area (Å²) in [5, 5.41) is 4.96. The van der Waals surface area contributed by atoms with Gasteiger partial charge in [-0.25, -0.2) is 17.9 Å². The maximum absolute atomic E-state index is 14.2. The maximum atomic E-state index is 14.2. The number of rotatable bonds is 4. The van der Waals surface area contributed by atoms with Crippen LogP contribution in [0.1, 0.15) is 5.56 Å². The molecule has 2 N–H and O–H groups in total. The lowest BCUT2D eigenvalue weighted by Crippen LogP contribution is -2.17. The van der Waals surface area contributed by atoms with Gasteiger partial charge in [0.2, 0.25) is 10.0 Å². The lowest BCUT2D eigenvalue weighted by atomic mass is 9.98. The van der Waals surface area contributed by atoms with E-state index in [0.29, 0.717) is 11.1 Å². The average molecular weight is 426 g/mol. The van der Waals surface area contributed by atoms with Gasteiger partial charge in [-0.3, -0.25) is 4.98 Å². The zero-order valence-electron chi connectivity index (χ0n) is 14.9. The van der Waals surface area contributed by atoms with Gasteiger partial charge in [-0.2, -0.15) is 0 Å². The van der Waals surface area contributed by atoms with Gasteiger partial charge in [0.25, 0.3) is 0 Å². The van der Waals surface area contributed by atoms with E-state index in [2.05, 4.69) is 9.72 Å². The molecule has 152 valence electrons. The summed E-state index contributed by atoms with van der Waals surface area (Å²) in [7, 11) is -4.24. The van der Waals surface area contributed by atoms with Crippen LogP contribution in [0.2, 0.25) is 0 Å². The van der Waals surface area contributed by atoms with Crippen LogP contribution in [0.4, 0.5) is 17.6 Å². The van der Waals surface area contributed by atoms with Crippen molar-refractivity contribution >= 4 is 10.0 Å². The van der Waals surface area contributed by atoms with E-state index in [4.69, 9.17) is 5.14 Å². The third kappa shape index (κ3) is 4.72. The van der Waals surface area contributed by atoms with Crippen molar-refractivity contribution in [1.82, 2.24) is 4.98 Å². The minimum atomic E-state index is -4.85. The molecule has 29 heavy (non-hydrogen) atoms. The Kier molecular flexibility index (Phi) is 5.33. The molecule has 0 aliphatic rings. The largest absolute Gasteiger partial charge is 0.573 e. The van der Waals surface area contributed by atoms with Gasteiger partial charge in [0.1, 0.15) is 16.5 Å². The van der Waals surface area contributed by atoms with E-state index in [1.165, 1.54) is 31.3 Å². The number of hydrogen-bond acceptors (Lipinski definition) is 4. The first-order valence-electron chi connectivity index (χ1n) is 8.10. The highest BCUT2D eigenvalue weighted by atomic mass is 32.2. The highest BCUT2D eigenvalue weighted by molar-refractivity contribution is 7.89. The van der Waals surface area contributed by atoms with Crippen LogP contribution in [0, 0.1) is 12.7 Å². The molecule has 1 heterocycles. The van der Waals surface area contributed by atoms with Gasteiger partial charge in [0.15, 0.2) is 0 Å². The summed E-state index contributed by atoms with van der Waals surface area (Å²) in [4.78, 5) is 3.50. The second-order valence-electron chi connectivity index (χ2n) is 6.12. The van der Waals surface area contributed by atoms with Gasteiger partial charge < -0.3 is 4.74 Å². The van der Waals surface area contributed by atoms with Crippen LogP contribution in [0.15, 0.2) is 59.6 Å². The second kappa shape index (κ2) is 7.45. The lowest BCUT2D eigenvalue weighted by Gasteiger charge is -2.14. The van der Waals surface area contributed by atoms with Crippen LogP contribution in [-0.2, 0) is 10.0 Å². The number of benzene rings is 2. The number of nitrogens with zero attached hydrogens (tertiary/aromatic N) is 1. The molecule has 10 heteroatoms. The molecule has 0 aliphatic carbocycles. The van der Waals surface area contributed by atoms with Crippen LogP contribution >= 0.6 is 0 Å². The van der Waals surface area contributed by atoms with Crippen molar-refractivity contribution in [2.45, 2.75) is 18.2 Å². The van der Waals surface area contributed by atoms with Crippen molar-refractivity contribution in [1.29, 1.82) is 0 Å². The Morgan fingerprint density at radius 3 is 2.34 bits per heavy atom. The van der Waals surface area contributed by atoms with E-state index in [-0.39, 0.29) is 22.6 Å². The van der Waals surface area contributed by atoms with Gasteiger partial charge in [-0.05, 0) is 42.3 Å². The molecule has 0 fully saturated rings. The number of nitrogens with two attached hydrogens (primary N) is 1. The van der Waals surface area contributed by atoms with Crippen molar-refractivity contribution in [3.8, 4) is 28.1 Å². The fourth-order valence-electron chi connectivity index (χ4n) is 2.75. The fourth-order valence-corrected chi connectivity index (χ4v) is 3.34. The molecule has 0 spiro atoms. The molecule has 0 saturated heterocycles. The predicted octanol–water partition coefficient (Wildman–Crippen LogP) is 4.41. The number of ether oxygens (including phenoxy) is 1. The molecule has 0 amide bonds. The number of aromatic nitrogens is 1. The standard InChI is InChI=1S/C19H14F4N2O3S/c1-11-4-5-12(10-16(11)28-19(21,22)23)14-3-2-8-25-18(14)13-6-7-17(15(20)9-13)29(24,26)27/h2-10H,1H3,(H2,24,26,27). The molecule has 0 atom stereocenters. The third-order valence-corrected chi connectivity index (χ3v) is 4.99. The summed E-state index contributed by atoms with van der Waals surface area (Å²) >= 11 is 0. The van der Waals surface area contributed by atoms with Gasteiger partial charge in [-0.1, -0.05) is 24.3 Å². The average Bonchev–Trinajstić information content (AvgIpc) is 2.61. The second-order valence-corrected chi connectivity index (χ2v) is 7.65. The van der Waals surface area contributed by atoms with E-state index < -0.39 is 27.1 Å². The van der Waals surface area contributed by atoms with Crippen LogP contribution in [0.25, 0.3) is 22.4 Å². The Labute approximate surface area is 163 Å². The minimum Gasteiger partial charge on any atom is -0.405 e. The zero-order chi connectivity index (χ0) is 21.4. The molecule has 0 radical (unpaired) electrons. The topological polar surface area (TPSA) is 82.3 Å². The molecular formula is C19H14F4N2O3S. The van der Waals surface area contributed by atoms with E-state index in [9.17, 15) is 26.0 Å². The first kappa shape index (κ1) is 20.7. The summed E-state index contributed by atoms with van der Waals surface area (Å²) in [5.74, 6) is -1.44. The van der Waals surface area contributed by atoms with Crippen molar-refractivity contribution in [3.05, 3.63) is 66.1 Å². The Morgan fingerprint density at radius 1 is 1.03 bits per heavy atom. The summed E-state index contributed by atoms with van der Waals surface area (Å²) in [5.41, 5.74) is 1.51. The van der Waals surface area contributed by atoms with E-state index >= 15 is 0 Å². The third-order valence-electron chi connectivity index (χ3n) is 4.04. The van der Waals surface area contributed by atoms with Gasteiger partial charge in [0, 0.05) is 17.3 Å². The molecule has 0 saturated carbocycles. The molecule has 5 nitrogen and oxygen atoms in total. The quantitative estimate of drug-likeness (QED) is 0.627. The van der Waals surface area contributed by atoms with Crippen LogP contribution in [0.3, 0.4) is 0 Å². The van der Waals surface area contributed by atoms with Gasteiger partial charge in [-0.15, -0.1) is 13.2 Å². The Hall–Kier alpha value is -2.98. The molecule has 0 bridgehead atoms. The van der Waals surface area contributed by atoms with Crippen LogP contribution in [0.5, 0.6) is 5.75 Å². The zero-order valence-corrected chi connectivity index (χ0v) is 15.7. The number of pyridine rings is 1. The minimum absolute atomic E-state index is 0.226. The van der Waals surface area contributed by atoms with Gasteiger partial charge in [0.05, 0.1) is 5.69 Å². The maximum Gasteiger partial charge on any atom is 0.573 e. The molecule has 1 aromatic heterocycles. The number of alkyl halides is 3. The van der Waals surface area contributed by atoms with Crippen molar-refractivity contribution in [2.75, 3.05) is 0 Å². The Balaban J connectivity index is 2.12. The highest BCUT2D eigenvalue weighted by Crippen LogP contribution is 2.35.